The van der Waals surface area contributed by atoms with Gasteiger partial charge in [-0.3, -0.25) is 4.79 Å². The summed E-state index contributed by atoms with van der Waals surface area (Å²) < 4.78 is 5.86. The number of rotatable bonds is 8. The number of para-hydroxylation sites is 1. The van der Waals surface area contributed by atoms with Crippen LogP contribution < -0.4 is 10.1 Å². The van der Waals surface area contributed by atoms with Crippen molar-refractivity contribution in [1.82, 2.24) is 5.32 Å². The zero-order chi connectivity index (χ0) is 19.8. The summed E-state index contributed by atoms with van der Waals surface area (Å²) in [5.74, 6) is 0.917. The number of carbonyl (C=O) groups excluding carboxylic acids is 1. The largest absolute Gasteiger partial charge is 0.491 e. The van der Waals surface area contributed by atoms with E-state index in [9.17, 15) is 4.79 Å². The highest BCUT2D eigenvalue weighted by Gasteiger charge is 2.19. The maximum absolute atomic E-state index is 12.7. The molecule has 3 heteroatoms. The summed E-state index contributed by atoms with van der Waals surface area (Å²) in [4.78, 5) is 12.7. The molecule has 0 bridgehead atoms. The fraction of sp³-hybridized carbons (Fsp3) is 0.240. The Hall–Kier alpha value is -3.07. The first-order chi connectivity index (χ1) is 13.6. The summed E-state index contributed by atoms with van der Waals surface area (Å²) in [6, 6.07) is 28.2. The number of aryl methyl sites for hydroxylation is 1. The second kappa shape index (κ2) is 9.75. The lowest BCUT2D eigenvalue weighted by Crippen LogP contribution is -2.37. The summed E-state index contributed by atoms with van der Waals surface area (Å²) in [6.45, 7) is 4.43. The second-order valence-corrected chi connectivity index (χ2v) is 7.12. The molecule has 0 spiro atoms. The predicted octanol–water partition coefficient (Wildman–Crippen LogP) is 5.10. The van der Waals surface area contributed by atoms with E-state index in [1.807, 2.05) is 74.5 Å². The number of amides is 1. The van der Waals surface area contributed by atoms with Gasteiger partial charge in [0.2, 0.25) is 5.91 Å². The average molecular weight is 373 g/mol. The van der Waals surface area contributed by atoms with Crippen molar-refractivity contribution in [2.45, 2.75) is 32.2 Å². The molecule has 0 aromatic heterocycles. The van der Waals surface area contributed by atoms with E-state index in [0.29, 0.717) is 13.0 Å². The van der Waals surface area contributed by atoms with E-state index in [-0.39, 0.29) is 17.9 Å². The van der Waals surface area contributed by atoms with Crippen LogP contribution in [0, 0.1) is 6.92 Å². The van der Waals surface area contributed by atoms with E-state index in [4.69, 9.17) is 4.74 Å². The first kappa shape index (κ1) is 19.7. The maximum Gasteiger partial charge on any atom is 0.221 e. The van der Waals surface area contributed by atoms with Gasteiger partial charge in [-0.1, -0.05) is 78.9 Å². The monoisotopic (exact) mass is 373 g/mol. The molecule has 0 saturated heterocycles. The van der Waals surface area contributed by atoms with Crippen LogP contribution in [0.3, 0.4) is 0 Å². The first-order valence-corrected chi connectivity index (χ1v) is 9.71. The molecule has 0 aliphatic carbocycles. The van der Waals surface area contributed by atoms with Crippen molar-refractivity contribution in [3.8, 4) is 5.75 Å². The van der Waals surface area contributed by atoms with Gasteiger partial charge in [0.25, 0.3) is 0 Å². The van der Waals surface area contributed by atoms with Crippen LogP contribution in [0.15, 0.2) is 84.9 Å². The van der Waals surface area contributed by atoms with Crippen LogP contribution in [0.5, 0.6) is 5.75 Å². The van der Waals surface area contributed by atoms with Crippen molar-refractivity contribution in [3.63, 3.8) is 0 Å². The van der Waals surface area contributed by atoms with Crippen molar-refractivity contribution in [3.05, 3.63) is 102 Å². The summed E-state index contributed by atoms with van der Waals surface area (Å²) >= 11 is 0. The van der Waals surface area contributed by atoms with Crippen LogP contribution in [0.4, 0.5) is 0 Å². The van der Waals surface area contributed by atoms with Gasteiger partial charge in [-0.15, -0.1) is 0 Å². The third-order valence-electron chi connectivity index (χ3n) is 4.78. The van der Waals surface area contributed by atoms with Crippen molar-refractivity contribution in [2.75, 3.05) is 6.61 Å². The maximum atomic E-state index is 12.7. The molecule has 0 saturated carbocycles. The molecule has 0 aliphatic rings. The molecule has 1 unspecified atom stereocenters. The second-order valence-electron chi connectivity index (χ2n) is 7.12. The minimum Gasteiger partial charge on any atom is -0.491 e. The molecule has 0 heterocycles. The van der Waals surface area contributed by atoms with Crippen LogP contribution in [-0.4, -0.2) is 18.6 Å². The van der Waals surface area contributed by atoms with Crippen LogP contribution in [0.1, 0.15) is 36.0 Å². The number of hydrogen-bond donors (Lipinski definition) is 1. The molecule has 1 atom stereocenters. The van der Waals surface area contributed by atoms with Gasteiger partial charge < -0.3 is 10.1 Å². The lowest BCUT2D eigenvalue weighted by molar-refractivity contribution is -0.122. The van der Waals surface area contributed by atoms with Crippen LogP contribution in [0.25, 0.3) is 0 Å². The molecule has 0 fully saturated rings. The highest BCUT2D eigenvalue weighted by atomic mass is 16.5. The van der Waals surface area contributed by atoms with Crippen molar-refractivity contribution >= 4 is 5.91 Å². The molecule has 0 radical (unpaired) electrons. The molecule has 1 amide bonds. The number of hydrogen-bond acceptors (Lipinski definition) is 2. The average Bonchev–Trinajstić information content (AvgIpc) is 2.73. The molecular formula is C25H27NO2. The van der Waals surface area contributed by atoms with Crippen LogP contribution >= 0.6 is 0 Å². The summed E-state index contributed by atoms with van der Waals surface area (Å²) in [5, 5.41) is 3.08. The van der Waals surface area contributed by atoms with E-state index < -0.39 is 0 Å². The van der Waals surface area contributed by atoms with Crippen molar-refractivity contribution in [2.24, 2.45) is 0 Å². The number of nitrogens with one attached hydrogen (secondary N) is 1. The molecule has 3 rings (SSSR count). The van der Waals surface area contributed by atoms with Crippen molar-refractivity contribution < 1.29 is 9.53 Å². The lowest BCUT2D eigenvalue weighted by Gasteiger charge is -2.20. The number of ether oxygens (including phenoxy) is 1. The molecule has 1 N–H and O–H groups in total. The standard InChI is InChI=1S/C25H27NO2/c1-19-11-9-10-16-24(19)28-18-20(2)26-25(27)17-23(21-12-5-3-6-13-21)22-14-7-4-8-15-22/h3-16,20,23H,17-18H2,1-2H3,(H,26,27). The quantitative estimate of drug-likeness (QED) is 0.596. The molecule has 3 nitrogen and oxygen atoms in total. The van der Waals surface area contributed by atoms with Gasteiger partial charge in [-0.25, -0.2) is 0 Å². The lowest BCUT2D eigenvalue weighted by atomic mass is 9.88. The minimum atomic E-state index is -0.0701. The van der Waals surface area contributed by atoms with Crippen LogP contribution in [-0.2, 0) is 4.79 Å². The van der Waals surface area contributed by atoms with Gasteiger partial charge >= 0.3 is 0 Å². The normalized spacial score (nSPS) is 11.8. The highest BCUT2D eigenvalue weighted by molar-refractivity contribution is 5.77. The van der Waals surface area contributed by atoms with Crippen molar-refractivity contribution in [1.29, 1.82) is 0 Å². The van der Waals surface area contributed by atoms with E-state index in [1.54, 1.807) is 0 Å². The van der Waals surface area contributed by atoms with E-state index >= 15 is 0 Å². The summed E-state index contributed by atoms with van der Waals surface area (Å²) in [7, 11) is 0. The predicted molar refractivity (Wildman–Crippen MR) is 114 cm³/mol. The first-order valence-electron chi connectivity index (χ1n) is 9.71. The molecule has 28 heavy (non-hydrogen) atoms. The van der Waals surface area contributed by atoms with Gasteiger partial charge in [-0.2, -0.15) is 0 Å². The third kappa shape index (κ3) is 5.46. The zero-order valence-corrected chi connectivity index (χ0v) is 16.5. The van der Waals surface area contributed by atoms with Gasteiger partial charge in [-0.05, 0) is 36.6 Å². The highest BCUT2D eigenvalue weighted by Crippen LogP contribution is 2.27. The van der Waals surface area contributed by atoms with Gasteiger partial charge in [0.1, 0.15) is 12.4 Å². The number of benzene rings is 3. The SMILES string of the molecule is Cc1ccccc1OCC(C)NC(=O)CC(c1ccccc1)c1ccccc1. The summed E-state index contributed by atoms with van der Waals surface area (Å²) in [6.07, 6.45) is 0.405. The van der Waals surface area contributed by atoms with E-state index in [0.717, 1.165) is 22.4 Å². The number of carbonyl (C=O) groups is 1. The molecule has 144 valence electrons. The topological polar surface area (TPSA) is 38.3 Å². The van der Waals surface area contributed by atoms with E-state index in [2.05, 4.69) is 29.6 Å². The Labute approximate surface area is 167 Å². The Bertz CT molecular complexity index is 838. The van der Waals surface area contributed by atoms with E-state index in [1.165, 1.54) is 0 Å². The Morgan fingerprint density at radius 3 is 1.96 bits per heavy atom. The molecular weight excluding hydrogens is 346 g/mol. The minimum absolute atomic E-state index is 0.0265. The Kier molecular flexibility index (Phi) is 6.85. The fourth-order valence-corrected chi connectivity index (χ4v) is 3.29. The van der Waals surface area contributed by atoms with Gasteiger partial charge in [0.05, 0.1) is 6.04 Å². The Morgan fingerprint density at radius 1 is 0.857 bits per heavy atom. The molecule has 0 aliphatic heterocycles. The zero-order valence-electron chi connectivity index (χ0n) is 16.5. The fourth-order valence-electron chi connectivity index (χ4n) is 3.29. The Morgan fingerprint density at radius 2 is 1.39 bits per heavy atom. The smallest absolute Gasteiger partial charge is 0.221 e. The third-order valence-corrected chi connectivity index (χ3v) is 4.78. The summed E-state index contributed by atoms with van der Waals surface area (Å²) in [5.41, 5.74) is 3.38. The molecule has 3 aromatic rings. The van der Waals surface area contributed by atoms with Gasteiger partial charge in [0, 0.05) is 12.3 Å². The van der Waals surface area contributed by atoms with Gasteiger partial charge in [0.15, 0.2) is 0 Å². The molecule has 3 aromatic carbocycles. The Balaban J connectivity index is 1.61. The van der Waals surface area contributed by atoms with Crippen LogP contribution in [0.2, 0.25) is 0 Å².